The molecule has 30 heteroatoms. The van der Waals surface area contributed by atoms with E-state index in [1.165, 1.54) is 73.1 Å². The quantitative estimate of drug-likeness (QED) is 0.0242. The summed E-state index contributed by atoms with van der Waals surface area (Å²) < 4.78 is 0. The molecule has 546 valence electrons. The van der Waals surface area contributed by atoms with Crippen LogP contribution in [0.2, 0.25) is 0 Å². The molecule has 8 aromatic rings. The lowest BCUT2D eigenvalue weighted by Crippen LogP contribution is -2.61. The van der Waals surface area contributed by atoms with Crippen LogP contribution in [0.5, 0.6) is 11.5 Å². The van der Waals surface area contributed by atoms with E-state index in [-0.39, 0.29) is 82.4 Å². The number of fused-ring (bicyclic) bond motifs is 2. The fourth-order valence-corrected chi connectivity index (χ4v) is 12.4. The number of aliphatic carboxylic acids is 1. The molecule has 5 aromatic carbocycles. The van der Waals surface area contributed by atoms with Gasteiger partial charge in [-0.05, 0) is 114 Å². The number of likely N-dealkylation sites (tertiary alicyclic amines) is 1. The van der Waals surface area contributed by atoms with Crippen molar-refractivity contribution in [1.82, 2.24) is 72.7 Å². The number of aliphatic hydroxyl groups excluding tert-OH is 1. The summed E-state index contributed by atoms with van der Waals surface area (Å²) in [5.74, 6) is -9.80. The van der Waals surface area contributed by atoms with Crippen molar-refractivity contribution in [2.24, 2.45) is 5.73 Å². The Bertz CT molecular complexity index is 4310. The number of nitrogens with two attached hydrogens (primary N) is 1. The number of hydrogen-bond donors (Lipinski definition) is 16. The van der Waals surface area contributed by atoms with Crippen molar-refractivity contribution in [2.75, 3.05) is 26.2 Å². The fourth-order valence-electron chi connectivity index (χ4n) is 12.4. The van der Waals surface area contributed by atoms with E-state index in [1.54, 1.807) is 48.7 Å². The summed E-state index contributed by atoms with van der Waals surface area (Å²) in [6.07, 6.45) is 7.36. The maximum absolute atomic E-state index is 15.1. The molecule has 0 radical (unpaired) electrons. The second kappa shape index (κ2) is 37.0. The fraction of sp³-hybridized carbons (Fsp3) is 0.338. The summed E-state index contributed by atoms with van der Waals surface area (Å²) in [4.78, 5) is 171. The van der Waals surface area contributed by atoms with Crippen molar-refractivity contribution in [3.63, 3.8) is 0 Å². The van der Waals surface area contributed by atoms with Gasteiger partial charge in [-0.2, -0.15) is 0 Å². The maximum Gasteiger partial charge on any atom is 0.322 e. The Kier molecular flexibility index (Phi) is 27.1. The number of carboxylic acid groups (broad SMARTS) is 1. The van der Waals surface area contributed by atoms with Gasteiger partial charge >= 0.3 is 5.97 Å². The van der Waals surface area contributed by atoms with Crippen molar-refractivity contribution in [1.29, 1.82) is 0 Å². The molecule has 17 N–H and O–H groups in total. The Hall–Kier alpha value is -12.1. The van der Waals surface area contributed by atoms with E-state index in [4.69, 9.17) is 5.73 Å². The minimum Gasteiger partial charge on any atom is -0.508 e. The minimum absolute atomic E-state index is 0.0216. The standard InChI is InChI=1S/C74H85N15O15/c1-43(91)81-57(33-46-17-22-48-11-2-3-12-49(48)30-46)67(97)83-58(31-44-18-23-52(92)24-19-44)68(98)84-59(34-47-10-8-28-76-37-47)69(99)88-63(41-90)72(102)86-61(36-51-39-77-42-80-51)71(101)82-56(15-6-7-27-75)66(96)85-60(35-50-38-78-55-14-5-4-13-54(50)55)70(100)87-62(32-45-20-25-53(93)26-21-45)74(104)89-29-9-16-64(89)73(103)79-40-65(94)95/h2-5,8,10-14,17-26,28,30,37-39,42,56-64,78,90,92-93H,6-7,9,15-16,27,29,31-36,40-41,75H2,1H3,(H,77,80)(H,79,103)(H,81,91)(H,82,101)(H,83,97)(H,84,98)(H,85,96)(H,86,102)(H,87,100)(H,88,99)(H,94,95)/t56-,57-,58+,59-,60+,61+,62+,63+,64+/m1/s1. The molecule has 9 atom stereocenters. The predicted octanol–water partition coefficient (Wildman–Crippen LogP) is 0.818. The molecule has 1 aliphatic rings. The number of pyridine rings is 1. The number of para-hydroxylation sites is 1. The van der Waals surface area contributed by atoms with E-state index < -0.39 is 133 Å². The third kappa shape index (κ3) is 21.7. The molecule has 9 rings (SSSR count). The number of amides is 10. The Morgan fingerprint density at radius 1 is 0.538 bits per heavy atom. The molecule has 1 fully saturated rings. The largest absolute Gasteiger partial charge is 0.508 e. The van der Waals surface area contributed by atoms with Gasteiger partial charge in [0.15, 0.2) is 0 Å². The number of phenolic OH excluding ortho intramolecular Hbond substituents is 2. The number of carboxylic acids is 1. The number of aliphatic hydroxyl groups is 1. The number of aromatic hydroxyl groups is 2. The van der Waals surface area contributed by atoms with E-state index in [9.17, 15) is 63.6 Å². The lowest BCUT2D eigenvalue weighted by molar-refractivity contribution is -0.143. The summed E-state index contributed by atoms with van der Waals surface area (Å²) >= 11 is 0. The van der Waals surface area contributed by atoms with Crippen LogP contribution in [0.25, 0.3) is 21.7 Å². The molecule has 0 unspecified atom stereocenters. The average Bonchev–Trinajstić information content (AvgIpc) is 1.67. The van der Waals surface area contributed by atoms with Gasteiger partial charge in [0, 0.05) is 93.4 Å². The summed E-state index contributed by atoms with van der Waals surface area (Å²) in [6, 6.07) is 22.3. The summed E-state index contributed by atoms with van der Waals surface area (Å²) in [5, 5.41) is 66.9. The second-order valence-corrected chi connectivity index (χ2v) is 25.5. The molecule has 0 aliphatic carbocycles. The highest BCUT2D eigenvalue weighted by Crippen LogP contribution is 2.24. The molecule has 0 bridgehead atoms. The van der Waals surface area contributed by atoms with Gasteiger partial charge < -0.3 is 88.9 Å². The Balaban J connectivity index is 0.948. The molecule has 4 heterocycles. The van der Waals surface area contributed by atoms with Gasteiger partial charge in [-0.1, -0.05) is 91.0 Å². The van der Waals surface area contributed by atoms with Gasteiger partial charge in [0.25, 0.3) is 0 Å². The van der Waals surface area contributed by atoms with E-state index in [0.717, 1.165) is 10.8 Å². The van der Waals surface area contributed by atoms with Gasteiger partial charge in [0.05, 0.1) is 12.9 Å². The maximum atomic E-state index is 15.1. The number of unbranched alkanes of at least 4 members (excludes halogenated alkanes) is 1. The zero-order valence-corrected chi connectivity index (χ0v) is 57.0. The number of imidazole rings is 1. The lowest BCUT2D eigenvalue weighted by atomic mass is 9.99. The molecule has 10 amide bonds. The molecule has 30 nitrogen and oxygen atoms in total. The zero-order chi connectivity index (χ0) is 74.2. The van der Waals surface area contributed by atoms with E-state index in [1.807, 2.05) is 48.5 Å². The highest BCUT2D eigenvalue weighted by Gasteiger charge is 2.40. The van der Waals surface area contributed by atoms with Gasteiger partial charge in [0.2, 0.25) is 59.1 Å². The Morgan fingerprint density at radius 2 is 1.07 bits per heavy atom. The normalized spacial score (nSPS) is 15.0. The van der Waals surface area contributed by atoms with Crippen LogP contribution in [-0.4, -0.2) is 191 Å². The van der Waals surface area contributed by atoms with Crippen molar-refractivity contribution in [3.8, 4) is 11.5 Å². The molecular formula is C74H85N15O15. The molecule has 0 saturated carbocycles. The van der Waals surface area contributed by atoms with E-state index in [0.29, 0.717) is 57.3 Å². The number of aromatic amines is 2. The SMILES string of the molecule is CC(=O)N[C@H](Cc1ccc2ccccc2c1)C(=O)N[C@@H](Cc1ccc(O)cc1)C(=O)N[C@H](Cc1cccnc1)C(=O)N[C@@H](CO)C(=O)N[C@@H](Cc1cnc[nH]1)C(=O)N[C@H](CCCCN)C(=O)N[C@@H](Cc1c[nH]c2ccccc12)C(=O)N[C@@H](Cc1ccc(O)cc1)C(=O)N1CCC[C@H]1C(=O)NCC(=O)O. The van der Waals surface area contributed by atoms with Crippen LogP contribution in [-0.2, 0) is 91.3 Å². The van der Waals surface area contributed by atoms with E-state index in [2.05, 4.69) is 67.8 Å². The number of hydrogen-bond acceptors (Lipinski definition) is 17. The third-order valence-corrected chi connectivity index (χ3v) is 17.7. The van der Waals surface area contributed by atoms with Crippen LogP contribution in [0.4, 0.5) is 0 Å². The van der Waals surface area contributed by atoms with Crippen LogP contribution in [0.1, 0.15) is 72.5 Å². The van der Waals surface area contributed by atoms with Crippen LogP contribution in [0.3, 0.4) is 0 Å². The molecule has 104 heavy (non-hydrogen) atoms. The van der Waals surface area contributed by atoms with E-state index >= 15 is 9.59 Å². The van der Waals surface area contributed by atoms with Crippen LogP contribution >= 0.6 is 0 Å². The first-order valence-electron chi connectivity index (χ1n) is 34.1. The van der Waals surface area contributed by atoms with Gasteiger partial charge in [-0.15, -0.1) is 0 Å². The number of carbonyl (C=O) groups excluding carboxylic acids is 10. The van der Waals surface area contributed by atoms with Crippen molar-refractivity contribution < 1.29 is 73.2 Å². The van der Waals surface area contributed by atoms with Crippen LogP contribution in [0.15, 0.2) is 159 Å². The molecule has 1 saturated heterocycles. The van der Waals surface area contributed by atoms with Crippen molar-refractivity contribution >= 4 is 86.7 Å². The van der Waals surface area contributed by atoms with Crippen LogP contribution < -0.4 is 53.6 Å². The lowest BCUT2D eigenvalue weighted by Gasteiger charge is -2.30. The summed E-state index contributed by atoms with van der Waals surface area (Å²) in [6.45, 7) is -0.236. The molecular weight excluding hydrogens is 1340 g/mol. The second-order valence-electron chi connectivity index (χ2n) is 25.5. The number of H-pyrrole nitrogens is 2. The summed E-state index contributed by atoms with van der Waals surface area (Å²) in [7, 11) is 0. The average molecular weight is 1420 g/mol. The topological polar surface area (TPSA) is 464 Å². The number of aromatic nitrogens is 4. The van der Waals surface area contributed by atoms with Gasteiger partial charge in [0.1, 0.15) is 72.4 Å². The first-order chi connectivity index (χ1) is 50.1. The minimum atomic E-state index is -1.82. The number of benzene rings is 5. The number of nitrogens with one attached hydrogen (secondary N) is 11. The third-order valence-electron chi connectivity index (χ3n) is 17.7. The highest BCUT2D eigenvalue weighted by molar-refractivity contribution is 6.00. The first-order valence-corrected chi connectivity index (χ1v) is 34.1. The number of nitrogens with zero attached hydrogens (tertiary/aromatic N) is 3. The van der Waals surface area contributed by atoms with Gasteiger partial charge in [-0.3, -0.25) is 57.7 Å². The molecule has 0 spiro atoms. The Morgan fingerprint density at radius 3 is 1.66 bits per heavy atom. The van der Waals surface area contributed by atoms with Crippen molar-refractivity contribution in [2.45, 2.75) is 132 Å². The monoisotopic (exact) mass is 1420 g/mol. The smallest absolute Gasteiger partial charge is 0.322 e. The van der Waals surface area contributed by atoms with Crippen molar-refractivity contribution in [3.05, 3.63) is 192 Å². The summed E-state index contributed by atoms with van der Waals surface area (Å²) in [5.41, 5.74) is 9.61. The number of phenols is 2. The number of rotatable bonds is 36. The molecule has 1 aliphatic heterocycles. The highest BCUT2D eigenvalue weighted by atomic mass is 16.4. The predicted molar refractivity (Wildman–Crippen MR) is 380 cm³/mol. The van der Waals surface area contributed by atoms with Crippen LogP contribution in [0, 0.1) is 0 Å². The molecule has 3 aromatic heterocycles. The van der Waals surface area contributed by atoms with Gasteiger partial charge in [-0.25, -0.2) is 4.98 Å². The first kappa shape index (κ1) is 76.1. The zero-order valence-electron chi connectivity index (χ0n) is 57.0. The number of carbonyl (C=O) groups is 11. The Labute approximate surface area is 597 Å².